The number of aromatic nitrogens is 4. The number of benzene rings is 1. The minimum Gasteiger partial charge on any atom is -0.368 e. The number of fused-ring (bicyclic) bond motifs is 2. The average molecular weight is 404 g/mol. The molecule has 0 unspecified atom stereocenters. The number of piperazine rings is 1. The van der Waals surface area contributed by atoms with Gasteiger partial charge in [0, 0.05) is 60.4 Å². The van der Waals surface area contributed by atoms with Crippen LogP contribution in [-0.4, -0.2) is 44.5 Å². The second-order valence-electron chi connectivity index (χ2n) is 8.20. The molecule has 154 valence electrons. The smallest absolute Gasteiger partial charge is 0.173 e. The van der Waals surface area contributed by atoms with Gasteiger partial charge in [-0.05, 0) is 44.5 Å². The Bertz CT molecular complexity index is 1220. The topological polar surface area (TPSA) is 58.4 Å². The van der Waals surface area contributed by atoms with E-state index in [0.29, 0.717) is 29.1 Å². The Morgan fingerprint density at radius 1 is 1.10 bits per heavy atom. The maximum absolute atomic E-state index is 14.6. The molecule has 1 aliphatic heterocycles. The first kappa shape index (κ1) is 18.9. The third kappa shape index (κ3) is 3.39. The summed E-state index contributed by atoms with van der Waals surface area (Å²) in [6.07, 6.45) is 6.27. The molecule has 0 bridgehead atoms. The van der Waals surface area contributed by atoms with Crippen molar-refractivity contribution in [2.45, 2.75) is 39.3 Å². The molecule has 0 spiro atoms. The van der Waals surface area contributed by atoms with Gasteiger partial charge in [0.1, 0.15) is 0 Å². The zero-order valence-electron chi connectivity index (χ0n) is 17.4. The van der Waals surface area contributed by atoms with Gasteiger partial charge in [-0.3, -0.25) is 0 Å². The van der Waals surface area contributed by atoms with Crippen molar-refractivity contribution in [3.8, 4) is 11.4 Å². The highest BCUT2D eigenvalue weighted by Gasteiger charge is 2.21. The van der Waals surface area contributed by atoms with E-state index in [1.807, 2.05) is 31.6 Å². The zero-order valence-corrected chi connectivity index (χ0v) is 17.4. The summed E-state index contributed by atoms with van der Waals surface area (Å²) in [4.78, 5) is 15.9. The van der Waals surface area contributed by atoms with E-state index < -0.39 is 0 Å². The van der Waals surface area contributed by atoms with E-state index in [1.165, 1.54) is 11.8 Å². The molecule has 1 saturated heterocycles. The Balaban J connectivity index is 1.50. The normalized spacial score (nSPS) is 19.7. The van der Waals surface area contributed by atoms with E-state index in [1.54, 1.807) is 4.40 Å². The van der Waals surface area contributed by atoms with Crippen LogP contribution in [0.1, 0.15) is 26.5 Å². The Morgan fingerprint density at radius 3 is 2.67 bits per heavy atom. The van der Waals surface area contributed by atoms with Gasteiger partial charge in [0.25, 0.3) is 0 Å². The minimum atomic E-state index is -0.367. The monoisotopic (exact) mass is 404 g/mol. The van der Waals surface area contributed by atoms with Gasteiger partial charge in [0.15, 0.2) is 17.3 Å². The fourth-order valence-electron chi connectivity index (χ4n) is 4.29. The van der Waals surface area contributed by atoms with Crippen LogP contribution in [0.25, 0.3) is 27.9 Å². The maximum Gasteiger partial charge on any atom is 0.173 e. The molecule has 30 heavy (non-hydrogen) atoms. The summed E-state index contributed by atoms with van der Waals surface area (Å²) in [6, 6.07) is 8.62. The molecule has 1 aliphatic rings. The number of halogens is 1. The number of hydrogen-bond acceptors (Lipinski definition) is 5. The molecule has 1 fully saturated rings. The fourth-order valence-corrected chi connectivity index (χ4v) is 4.29. The summed E-state index contributed by atoms with van der Waals surface area (Å²) in [7, 11) is 0. The van der Waals surface area contributed by atoms with Crippen molar-refractivity contribution in [3.63, 3.8) is 0 Å². The molecule has 0 radical (unpaired) electrons. The van der Waals surface area contributed by atoms with Gasteiger partial charge in [-0.1, -0.05) is 6.92 Å². The van der Waals surface area contributed by atoms with Crippen LogP contribution in [0.4, 0.5) is 10.1 Å². The van der Waals surface area contributed by atoms with Crippen molar-refractivity contribution in [3.05, 3.63) is 54.4 Å². The van der Waals surface area contributed by atoms with E-state index in [9.17, 15) is 4.39 Å². The van der Waals surface area contributed by atoms with E-state index in [0.717, 1.165) is 36.1 Å². The van der Waals surface area contributed by atoms with Crippen LogP contribution in [0.2, 0.25) is 0 Å². The number of nitrogens with one attached hydrogen (secondary N) is 1. The molecule has 1 aromatic carbocycles. The molecule has 0 amide bonds. The quantitative estimate of drug-likeness (QED) is 0.562. The lowest BCUT2D eigenvalue weighted by Crippen LogP contribution is -2.54. The molecule has 2 atom stereocenters. The average Bonchev–Trinajstić information content (AvgIpc) is 3.16. The second kappa shape index (κ2) is 7.32. The first-order valence-corrected chi connectivity index (χ1v) is 10.5. The molecular formula is C23H25FN6. The van der Waals surface area contributed by atoms with E-state index in [-0.39, 0.29) is 5.82 Å². The summed E-state index contributed by atoms with van der Waals surface area (Å²) >= 11 is 0. The van der Waals surface area contributed by atoms with Crippen LogP contribution in [0, 0.1) is 5.82 Å². The Morgan fingerprint density at radius 2 is 1.90 bits per heavy atom. The lowest BCUT2D eigenvalue weighted by atomic mass is 10.1. The number of aryl methyl sites for hydroxylation is 1. The fraction of sp³-hybridized carbons (Fsp3) is 0.348. The van der Waals surface area contributed by atoms with Crippen molar-refractivity contribution in [1.29, 1.82) is 0 Å². The van der Waals surface area contributed by atoms with Crippen molar-refractivity contribution < 1.29 is 4.39 Å². The predicted octanol–water partition coefficient (Wildman–Crippen LogP) is 3.83. The minimum absolute atomic E-state index is 0.334. The third-order valence-corrected chi connectivity index (χ3v) is 5.66. The molecule has 4 aromatic rings. The molecule has 3 aromatic heterocycles. The predicted molar refractivity (Wildman–Crippen MR) is 117 cm³/mol. The summed E-state index contributed by atoms with van der Waals surface area (Å²) in [5, 5.41) is 4.54. The number of anilines is 1. The van der Waals surface area contributed by atoms with E-state index in [2.05, 4.69) is 46.2 Å². The largest absolute Gasteiger partial charge is 0.368 e. The van der Waals surface area contributed by atoms with Crippen LogP contribution in [-0.2, 0) is 6.42 Å². The van der Waals surface area contributed by atoms with Crippen molar-refractivity contribution in [2.75, 3.05) is 18.0 Å². The number of rotatable bonds is 3. The van der Waals surface area contributed by atoms with Crippen LogP contribution < -0.4 is 10.2 Å². The number of hydrogen-bond donors (Lipinski definition) is 1. The first-order valence-electron chi connectivity index (χ1n) is 10.5. The van der Waals surface area contributed by atoms with Gasteiger partial charge in [-0.2, -0.15) is 0 Å². The molecule has 5 rings (SSSR count). The Hall–Kier alpha value is -3.06. The molecule has 0 saturated carbocycles. The number of nitrogens with zero attached hydrogens (tertiary/aromatic N) is 5. The van der Waals surface area contributed by atoms with E-state index >= 15 is 0 Å². The second-order valence-corrected chi connectivity index (χ2v) is 8.20. The van der Waals surface area contributed by atoms with Gasteiger partial charge in [0.05, 0.1) is 11.2 Å². The van der Waals surface area contributed by atoms with Gasteiger partial charge in [-0.15, -0.1) is 0 Å². The summed E-state index contributed by atoms with van der Waals surface area (Å²) < 4.78 is 16.3. The summed E-state index contributed by atoms with van der Waals surface area (Å²) in [5.74, 6) is 0.139. The van der Waals surface area contributed by atoms with E-state index in [4.69, 9.17) is 4.98 Å². The Kier molecular flexibility index (Phi) is 4.62. The van der Waals surface area contributed by atoms with Crippen LogP contribution in [0.15, 0.2) is 42.9 Å². The SMILES string of the molecule is CCc1cn2cc(-c3ncc4cc(N5C[C@@H](C)N[C@H](C)C5)ccc4n3)cc(F)c2n1. The molecule has 6 nitrogen and oxygen atoms in total. The van der Waals surface area contributed by atoms with Gasteiger partial charge in [-0.25, -0.2) is 19.3 Å². The third-order valence-electron chi connectivity index (χ3n) is 5.66. The van der Waals surface area contributed by atoms with Gasteiger partial charge in [0.2, 0.25) is 0 Å². The lowest BCUT2D eigenvalue weighted by molar-refractivity contribution is 0.407. The summed E-state index contributed by atoms with van der Waals surface area (Å²) in [5.41, 5.74) is 3.85. The number of imidazole rings is 1. The van der Waals surface area contributed by atoms with Crippen molar-refractivity contribution >= 4 is 22.2 Å². The van der Waals surface area contributed by atoms with Crippen molar-refractivity contribution in [2.24, 2.45) is 0 Å². The molecule has 7 heteroatoms. The lowest BCUT2D eigenvalue weighted by Gasteiger charge is -2.37. The molecule has 0 aliphatic carbocycles. The van der Waals surface area contributed by atoms with Gasteiger partial charge >= 0.3 is 0 Å². The van der Waals surface area contributed by atoms with Crippen molar-refractivity contribution in [1.82, 2.24) is 24.7 Å². The van der Waals surface area contributed by atoms with Crippen LogP contribution in [0.5, 0.6) is 0 Å². The maximum atomic E-state index is 14.6. The summed E-state index contributed by atoms with van der Waals surface area (Å²) in [6.45, 7) is 8.36. The zero-order chi connectivity index (χ0) is 20.8. The number of pyridine rings is 1. The standard InChI is InChI=1S/C23H25FN6/c1-4-18-13-30-12-17(8-20(24)23(30)27-18)22-25-9-16-7-19(5-6-21(16)28-22)29-10-14(2)26-15(3)11-29/h5-9,12-15,26H,4,10-11H2,1-3H3/t14-,15-/m1/s1. The highest BCUT2D eigenvalue weighted by molar-refractivity contribution is 5.83. The van der Waals surface area contributed by atoms with Gasteiger partial charge < -0.3 is 14.6 Å². The molecule has 1 N–H and O–H groups in total. The van der Waals surface area contributed by atoms with Crippen LogP contribution in [0.3, 0.4) is 0 Å². The highest BCUT2D eigenvalue weighted by atomic mass is 19.1. The molecule has 4 heterocycles. The highest BCUT2D eigenvalue weighted by Crippen LogP contribution is 2.25. The van der Waals surface area contributed by atoms with Crippen LogP contribution >= 0.6 is 0 Å². The Labute approximate surface area is 174 Å². The molecular weight excluding hydrogens is 379 g/mol. The first-order chi connectivity index (χ1) is 14.5.